The van der Waals surface area contributed by atoms with Gasteiger partial charge in [0.15, 0.2) is 0 Å². The van der Waals surface area contributed by atoms with E-state index >= 15 is 0 Å². The summed E-state index contributed by atoms with van der Waals surface area (Å²) in [7, 11) is 0. The molecule has 1 aliphatic heterocycles. The number of carboxylic acids is 1. The predicted molar refractivity (Wildman–Crippen MR) is 49.1 cm³/mol. The quantitative estimate of drug-likeness (QED) is 0.536. The second-order valence-electron chi connectivity index (χ2n) is 3.04. The molecular formula is C8H13N3O3. The van der Waals surface area contributed by atoms with Crippen LogP contribution in [-0.2, 0) is 9.59 Å². The Balaban J connectivity index is 2.46. The van der Waals surface area contributed by atoms with Gasteiger partial charge in [-0.15, -0.1) is 0 Å². The van der Waals surface area contributed by atoms with Crippen LogP contribution in [0.1, 0.15) is 6.92 Å². The lowest BCUT2D eigenvalue weighted by Crippen LogP contribution is -2.46. The van der Waals surface area contributed by atoms with Crippen LogP contribution in [0.4, 0.5) is 0 Å². The van der Waals surface area contributed by atoms with Crippen LogP contribution in [-0.4, -0.2) is 41.1 Å². The van der Waals surface area contributed by atoms with Crippen LogP contribution in [0.3, 0.4) is 0 Å². The highest BCUT2D eigenvalue weighted by Gasteiger charge is 2.21. The zero-order valence-electron chi connectivity index (χ0n) is 7.86. The number of rotatable bonds is 4. The van der Waals surface area contributed by atoms with Crippen LogP contribution in [0.5, 0.6) is 0 Å². The zero-order valence-corrected chi connectivity index (χ0v) is 7.86. The molecule has 1 atom stereocenters. The largest absolute Gasteiger partial charge is 0.480 e. The maximum atomic E-state index is 10.7. The summed E-state index contributed by atoms with van der Waals surface area (Å²) in [5.74, 6) is -1.37. The van der Waals surface area contributed by atoms with Gasteiger partial charge in [0.2, 0.25) is 5.91 Å². The number of nitrogens with zero attached hydrogens (tertiary/aromatic N) is 1. The third kappa shape index (κ3) is 2.96. The van der Waals surface area contributed by atoms with Gasteiger partial charge in [0.25, 0.3) is 0 Å². The van der Waals surface area contributed by atoms with E-state index in [1.54, 1.807) is 17.3 Å². The van der Waals surface area contributed by atoms with Crippen molar-refractivity contribution in [3.63, 3.8) is 0 Å². The van der Waals surface area contributed by atoms with E-state index < -0.39 is 12.0 Å². The Kier molecular flexibility index (Phi) is 3.33. The molecule has 0 spiro atoms. The molecule has 0 aromatic heterocycles. The first kappa shape index (κ1) is 10.4. The van der Waals surface area contributed by atoms with Crippen LogP contribution in [0, 0.1) is 0 Å². The van der Waals surface area contributed by atoms with Crippen molar-refractivity contribution in [1.29, 1.82) is 0 Å². The van der Waals surface area contributed by atoms with Crippen LogP contribution in [0.25, 0.3) is 0 Å². The Morgan fingerprint density at radius 2 is 2.43 bits per heavy atom. The molecule has 0 bridgehead atoms. The van der Waals surface area contributed by atoms with Gasteiger partial charge in [-0.25, -0.2) is 4.79 Å². The predicted octanol–water partition coefficient (Wildman–Crippen LogP) is -1.09. The van der Waals surface area contributed by atoms with Gasteiger partial charge in [-0.2, -0.15) is 0 Å². The monoisotopic (exact) mass is 199 g/mol. The molecule has 1 unspecified atom stereocenters. The van der Waals surface area contributed by atoms with Crippen molar-refractivity contribution in [2.45, 2.75) is 13.0 Å². The lowest BCUT2D eigenvalue weighted by molar-refractivity contribution is -0.141. The lowest BCUT2D eigenvalue weighted by Gasteiger charge is -2.20. The molecule has 6 heteroatoms. The summed E-state index contributed by atoms with van der Waals surface area (Å²) in [6.07, 6.45) is 3.48. The van der Waals surface area contributed by atoms with Crippen molar-refractivity contribution in [3.8, 4) is 0 Å². The van der Waals surface area contributed by atoms with Gasteiger partial charge in [0.1, 0.15) is 6.04 Å². The normalized spacial score (nSPS) is 16.2. The minimum absolute atomic E-state index is 0.262. The Morgan fingerprint density at radius 1 is 1.71 bits per heavy atom. The molecule has 0 radical (unpaired) electrons. The summed E-state index contributed by atoms with van der Waals surface area (Å²) in [4.78, 5) is 23.2. The summed E-state index contributed by atoms with van der Waals surface area (Å²) in [5, 5.41) is 14.1. The Labute approximate surface area is 81.6 Å². The molecule has 1 rings (SSSR count). The van der Waals surface area contributed by atoms with E-state index in [2.05, 4.69) is 10.6 Å². The Hall–Kier alpha value is -1.72. The number of nitrogens with one attached hydrogen (secondary N) is 2. The maximum absolute atomic E-state index is 10.7. The van der Waals surface area contributed by atoms with Gasteiger partial charge in [0, 0.05) is 19.3 Å². The number of carbonyl (C=O) groups is 2. The number of carboxylic acid groups (broad SMARTS) is 1. The fourth-order valence-electron chi connectivity index (χ4n) is 1.17. The number of hydrogen-bond donors (Lipinski definition) is 3. The van der Waals surface area contributed by atoms with E-state index in [-0.39, 0.29) is 12.5 Å². The van der Waals surface area contributed by atoms with Gasteiger partial charge < -0.3 is 20.6 Å². The second kappa shape index (κ2) is 4.50. The average molecular weight is 199 g/mol. The average Bonchev–Trinajstić information content (AvgIpc) is 2.54. The zero-order chi connectivity index (χ0) is 10.6. The lowest BCUT2D eigenvalue weighted by atomic mass is 10.3. The van der Waals surface area contributed by atoms with E-state index in [1.165, 1.54) is 6.92 Å². The van der Waals surface area contributed by atoms with Crippen molar-refractivity contribution in [1.82, 2.24) is 15.5 Å². The van der Waals surface area contributed by atoms with Crippen molar-refractivity contribution in [2.75, 3.05) is 13.2 Å². The first-order valence-electron chi connectivity index (χ1n) is 4.23. The molecular weight excluding hydrogens is 186 g/mol. The highest BCUT2D eigenvalue weighted by Crippen LogP contribution is 1.97. The van der Waals surface area contributed by atoms with Crippen molar-refractivity contribution in [3.05, 3.63) is 12.4 Å². The number of amides is 1. The third-order valence-corrected chi connectivity index (χ3v) is 1.79. The van der Waals surface area contributed by atoms with Gasteiger partial charge in [0.05, 0.1) is 13.2 Å². The molecule has 1 amide bonds. The van der Waals surface area contributed by atoms with Crippen LogP contribution >= 0.6 is 0 Å². The minimum atomic E-state index is -1.03. The molecule has 14 heavy (non-hydrogen) atoms. The number of carbonyl (C=O) groups excluding carboxylic acids is 1. The SMILES string of the molecule is CC(=O)NC(CN1C=CNC1)C(=O)O. The first-order valence-corrected chi connectivity index (χ1v) is 4.23. The van der Waals surface area contributed by atoms with E-state index in [0.717, 1.165) is 0 Å². The summed E-state index contributed by atoms with van der Waals surface area (Å²) >= 11 is 0. The van der Waals surface area contributed by atoms with Crippen molar-refractivity contribution in [2.24, 2.45) is 0 Å². The van der Waals surface area contributed by atoms with Crippen LogP contribution in [0.2, 0.25) is 0 Å². The van der Waals surface area contributed by atoms with Crippen LogP contribution in [0.15, 0.2) is 12.4 Å². The highest BCUT2D eigenvalue weighted by atomic mass is 16.4. The van der Waals surface area contributed by atoms with Crippen molar-refractivity contribution >= 4 is 11.9 Å². The van der Waals surface area contributed by atoms with Gasteiger partial charge in [-0.1, -0.05) is 0 Å². The van der Waals surface area contributed by atoms with Crippen molar-refractivity contribution < 1.29 is 14.7 Å². The van der Waals surface area contributed by atoms with E-state index in [0.29, 0.717) is 6.67 Å². The summed E-state index contributed by atoms with van der Waals surface area (Å²) < 4.78 is 0. The van der Waals surface area contributed by atoms with E-state index in [9.17, 15) is 9.59 Å². The smallest absolute Gasteiger partial charge is 0.328 e. The standard InChI is InChI=1S/C8H13N3O3/c1-6(12)10-7(8(13)14)4-11-3-2-9-5-11/h2-3,7,9H,4-5H2,1H3,(H,10,12)(H,13,14). The Morgan fingerprint density at radius 3 is 2.86 bits per heavy atom. The molecule has 0 saturated heterocycles. The van der Waals surface area contributed by atoms with Gasteiger partial charge >= 0.3 is 5.97 Å². The van der Waals surface area contributed by atoms with E-state index in [4.69, 9.17) is 5.11 Å². The summed E-state index contributed by atoms with van der Waals surface area (Å²) in [6, 6.07) is -0.864. The van der Waals surface area contributed by atoms with Gasteiger partial charge in [-0.05, 0) is 0 Å². The summed E-state index contributed by atoms with van der Waals surface area (Å²) in [5.41, 5.74) is 0. The molecule has 78 valence electrons. The Bertz CT molecular complexity index is 265. The third-order valence-electron chi connectivity index (χ3n) is 1.79. The molecule has 1 aliphatic rings. The fraction of sp³-hybridized carbons (Fsp3) is 0.500. The topological polar surface area (TPSA) is 81.7 Å². The fourth-order valence-corrected chi connectivity index (χ4v) is 1.17. The highest BCUT2D eigenvalue weighted by molar-refractivity contribution is 5.82. The van der Waals surface area contributed by atoms with E-state index in [1.807, 2.05) is 0 Å². The molecule has 1 heterocycles. The molecule has 0 saturated carbocycles. The molecule has 6 nitrogen and oxygen atoms in total. The molecule has 0 aliphatic carbocycles. The second-order valence-corrected chi connectivity index (χ2v) is 3.04. The van der Waals surface area contributed by atoms with Gasteiger partial charge in [-0.3, -0.25) is 4.79 Å². The van der Waals surface area contributed by atoms with Crippen LogP contribution < -0.4 is 10.6 Å². The molecule has 0 fully saturated rings. The maximum Gasteiger partial charge on any atom is 0.328 e. The molecule has 3 N–H and O–H groups in total. The number of hydrogen-bond acceptors (Lipinski definition) is 4. The minimum Gasteiger partial charge on any atom is -0.480 e. The summed E-state index contributed by atoms with van der Waals surface area (Å²) in [6.45, 7) is 2.13. The number of aliphatic carboxylic acids is 1. The first-order chi connectivity index (χ1) is 6.59. The molecule has 0 aromatic carbocycles. The molecule has 0 aromatic rings.